The minimum Gasteiger partial charge on any atom is -0.486 e. The lowest BCUT2D eigenvalue weighted by Crippen LogP contribution is -2.55. The van der Waals surface area contributed by atoms with E-state index in [1.807, 2.05) is 13.8 Å². The van der Waals surface area contributed by atoms with Gasteiger partial charge in [0.15, 0.2) is 5.75 Å². The molecule has 1 rings (SSSR count). The molecule has 0 spiro atoms. The molecule has 0 aliphatic carbocycles. The summed E-state index contributed by atoms with van der Waals surface area (Å²) in [4.78, 5) is 25.9. The molecule has 0 saturated heterocycles. The second-order valence-electron chi connectivity index (χ2n) is 9.20. The van der Waals surface area contributed by atoms with E-state index in [1.165, 1.54) is 18.2 Å². The molecule has 3 N–H and O–H groups in total. The van der Waals surface area contributed by atoms with Crippen molar-refractivity contribution >= 4 is 45.1 Å². The summed E-state index contributed by atoms with van der Waals surface area (Å²) in [6, 6.07) is 0.915. The van der Waals surface area contributed by atoms with E-state index in [0.717, 1.165) is 0 Å². The Balaban J connectivity index is 3.12. The van der Waals surface area contributed by atoms with Crippen LogP contribution < -0.4 is 15.4 Å². The molecule has 1 aromatic carbocycles. The highest BCUT2D eigenvalue weighted by Gasteiger charge is 2.33. The van der Waals surface area contributed by atoms with Crippen LogP contribution in [0.15, 0.2) is 24.8 Å². The van der Waals surface area contributed by atoms with Crippen LogP contribution in [0.1, 0.15) is 51.4 Å². The number of carbonyl (C=O) groups is 2. The average molecular weight is 523 g/mol. The standard InChI is InChI=1S/C22H32Cl2N2O6S/c1-7-8-32-19-15(23)10-14(11-16(19)24)20(27)25-17(9-13(2)3)21(28)26-18(22(4,5)6)12-33(29,30)31/h7,10-11,13,17-18H,1,8-9,12H2,2-6H3,(H,25,27)(H,26,28)(H,29,30,31)/t17-,18?/m0/s1. The van der Waals surface area contributed by atoms with E-state index in [0.29, 0.717) is 6.42 Å². The summed E-state index contributed by atoms with van der Waals surface area (Å²) in [5, 5.41) is 5.57. The molecule has 1 unspecified atom stereocenters. The molecular formula is C22H32Cl2N2O6S. The van der Waals surface area contributed by atoms with Gasteiger partial charge in [0, 0.05) is 11.6 Å². The van der Waals surface area contributed by atoms with Gasteiger partial charge < -0.3 is 15.4 Å². The van der Waals surface area contributed by atoms with E-state index >= 15 is 0 Å². The van der Waals surface area contributed by atoms with E-state index < -0.39 is 45.2 Å². The number of nitrogens with one attached hydrogen (secondary N) is 2. The van der Waals surface area contributed by atoms with Crippen LogP contribution in [-0.4, -0.2) is 49.2 Å². The van der Waals surface area contributed by atoms with Gasteiger partial charge >= 0.3 is 0 Å². The molecule has 8 nitrogen and oxygen atoms in total. The number of rotatable bonds is 11. The minimum atomic E-state index is -4.34. The summed E-state index contributed by atoms with van der Waals surface area (Å²) < 4.78 is 37.5. The first-order valence-electron chi connectivity index (χ1n) is 10.3. The Hall–Kier alpha value is -1.81. The molecular weight excluding hydrogens is 491 g/mol. The van der Waals surface area contributed by atoms with Crippen LogP contribution in [0, 0.1) is 11.3 Å². The molecule has 11 heteroatoms. The topological polar surface area (TPSA) is 122 Å². The van der Waals surface area contributed by atoms with Gasteiger partial charge in [-0.25, -0.2) is 0 Å². The van der Waals surface area contributed by atoms with E-state index in [-0.39, 0.29) is 33.9 Å². The third-order valence-corrected chi connectivity index (χ3v) is 5.99. The lowest BCUT2D eigenvalue weighted by molar-refractivity contribution is -0.124. The summed E-state index contributed by atoms with van der Waals surface area (Å²) in [6.07, 6.45) is 1.82. The lowest BCUT2D eigenvalue weighted by Gasteiger charge is -2.32. The second-order valence-corrected chi connectivity index (χ2v) is 11.5. The monoisotopic (exact) mass is 522 g/mol. The number of hydrogen-bond acceptors (Lipinski definition) is 5. The van der Waals surface area contributed by atoms with E-state index in [4.69, 9.17) is 27.9 Å². The first kappa shape index (κ1) is 29.2. The Kier molecular flexibility index (Phi) is 10.7. The highest BCUT2D eigenvalue weighted by Crippen LogP contribution is 2.34. The van der Waals surface area contributed by atoms with Crippen molar-refractivity contribution in [1.29, 1.82) is 0 Å². The largest absolute Gasteiger partial charge is 0.486 e. The minimum absolute atomic E-state index is 0.0394. The summed E-state index contributed by atoms with van der Waals surface area (Å²) in [5.41, 5.74) is -0.539. The molecule has 0 aromatic heterocycles. The first-order valence-corrected chi connectivity index (χ1v) is 12.7. The van der Waals surface area contributed by atoms with E-state index in [1.54, 1.807) is 20.8 Å². The molecule has 2 atom stereocenters. The van der Waals surface area contributed by atoms with E-state index in [9.17, 15) is 22.6 Å². The smallest absolute Gasteiger partial charge is 0.266 e. The maximum atomic E-state index is 13.0. The zero-order valence-electron chi connectivity index (χ0n) is 19.4. The maximum absolute atomic E-state index is 13.0. The van der Waals surface area contributed by atoms with Crippen LogP contribution in [0.4, 0.5) is 0 Å². The van der Waals surface area contributed by atoms with Gasteiger partial charge in [0.25, 0.3) is 16.0 Å². The van der Waals surface area contributed by atoms with Crippen molar-refractivity contribution in [2.45, 2.75) is 53.1 Å². The highest BCUT2D eigenvalue weighted by molar-refractivity contribution is 7.85. The predicted molar refractivity (Wildman–Crippen MR) is 131 cm³/mol. The van der Waals surface area contributed by atoms with Gasteiger partial charge in [-0.15, -0.1) is 0 Å². The molecule has 0 aliphatic rings. The Morgan fingerprint density at radius 1 is 1.18 bits per heavy atom. The Labute approximate surface area is 205 Å². The van der Waals surface area contributed by atoms with Gasteiger partial charge in [0.05, 0.1) is 15.8 Å². The fourth-order valence-corrected chi connectivity index (χ4v) is 4.51. The molecule has 33 heavy (non-hydrogen) atoms. The normalized spacial score (nSPS) is 13.8. The molecule has 1 aromatic rings. The zero-order chi connectivity index (χ0) is 25.6. The summed E-state index contributed by atoms with van der Waals surface area (Å²) in [7, 11) is -4.34. The van der Waals surface area contributed by atoms with Gasteiger partial charge in [-0.2, -0.15) is 8.42 Å². The summed E-state index contributed by atoms with van der Waals surface area (Å²) >= 11 is 12.4. The van der Waals surface area contributed by atoms with Crippen LogP contribution >= 0.6 is 23.2 Å². The molecule has 0 aliphatic heterocycles. The Bertz CT molecular complexity index is 951. The fourth-order valence-electron chi connectivity index (χ4n) is 2.91. The van der Waals surface area contributed by atoms with Crippen LogP contribution in [0.25, 0.3) is 0 Å². The molecule has 0 saturated carbocycles. The van der Waals surface area contributed by atoms with Crippen molar-refractivity contribution in [3.8, 4) is 5.75 Å². The molecule has 186 valence electrons. The SMILES string of the molecule is C=CCOc1c(Cl)cc(C(=O)N[C@@H](CC(C)C)C(=O)NC(CS(=O)(=O)O)C(C)(C)C)cc1Cl. The highest BCUT2D eigenvalue weighted by atomic mass is 35.5. The van der Waals surface area contributed by atoms with Crippen molar-refractivity contribution in [3.63, 3.8) is 0 Å². The lowest BCUT2D eigenvalue weighted by atomic mass is 9.87. The van der Waals surface area contributed by atoms with Gasteiger partial charge in [-0.1, -0.05) is 70.5 Å². The molecule has 2 amide bonds. The number of amides is 2. The zero-order valence-corrected chi connectivity index (χ0v) is 21.8. The second kappa shape index (κ2) is 12.1. The summed E-state index contributed by atoms with van der Waals surface area (Å²) in [6.45, 7) is 12.7. The van der Waals surface area contributed by atoms with Crippen LogP contribution in [-0.2, 0) is 14.9 Å². The first-order chi connectivity index (χ1) is 15.0. The molecule has 0 heterocycles. The van der Waals surface area contributed by atoms with Crippen LogP contribution in [0.2, 0.25) is 10.0 Å². The number of benzene rings is 1. The Morgan fingerprint density at radius 2 is 1.73 bits per heavy atom. The Morgan fingerprint density at radius 3 is 2.15 bits per heavy atom. The van der Waals surface area contributed by atoms with Crippen molar-refractivity contribution in [2.75, 3.05) is 12.4 Å². The van der Waals surface area contributed by atoms with E-state index in [2.05, 4.69) is 17.2 Å². The van der Waals surface area contributed by atoms with Gasteiger partial charge in [0.2, 0.25) is 5.91 Å². The molecule has 0 bridgehead atoms. The third-order valence-electron chi connectivity index (χ3n) is 4.67. The van der Waals surface area contributed by atoms with Crippen molar-refractivity contribution in [3.05, 3.63) is 40.4 Å². The van der Waals surface area contributed by atoms with Crippen LogP contribution in [0.3, 0.4) is 0 Å². The van der Waals surface area contributed by atoms with Crippen molar-refractivity contribution in [2.24, 2.45) is 11.3 Å². The number of carbonyl (C=O) groups excluding carboxylic acids is 2. The fraction of sp³-hybridized carbons (Fsp3) is 0.545. The molecule has 0 radical (unpaired) electrons. The number of hydrogen-bond donors (Lipinski definition) is 3. The van der Waals surface area contributed by atoms with Gasteiger partial charge in [-0.05, 0) is 29.9 Å². The molecule has 0 fully saturated rings. The number of halogens is 2. The number of ether oxygens (including phenoxy) is 1. The van der Waals surface area contributed by atoms with Crippen molar-refractivity contribution in [1.82, 2.24) is 10.6 Å². The summed E-state index contributed by atoms with van der Waals surface area (Å²) in [5.74, 6) is -1.55. The van der Waals surface area contributed by atoms with Crippen molar-refractivity contribution < 1.29 is 27.3 Å². The van der Waals surface area contributed by atoms with Gasteiger partial charge in [-0.3, -0.25) is 14.1 Å². The van der Waals surface area contributed by atoms with Gasteiger partial charge in [0.1, 0.15) is 12.6 Å². The average Bonchev–Trinajstić information content (AvgIpc) is 2.63. The predicted octanol–water partition coefficient (Wildman–Crippen LogP) is 4.12. The van der Waals surface area contributed by atoms with Crippen LogP contribution in [0.5, 0.6) is 5.75 Å². The quantitative estimate of drug-likeness (QED) is 0.296. The maximum Gasteiger partial charge on any atom is 0.266 e. The third kappa shape index (κ3) is 9.92.